The van der Waals surface area contributed by atoms with E-state index < -0.39 is 47.3 Å². The average Bonchev–Trinajstić information content (AvgIpc) is 3.22. The first-order valence-corrected chi connectivity index (χ1v) is 7.94. The van der Waals surface area contributed by atoms with Gasteiger partial charge in [0.15, 0.2) is 23.3 Å². The number of nitrogens with zero attached hydrogens (tertiary/aromatic N) is 1. The number of halogens is 5. The molecule has 0 aliphatic heterocycles. The summed E-state index contributed by atoms with van der Waals surface area (Å²) in [6, 6.07) is 9.43. The lowest BCUT2D eigenvalue weighted by Crippen LogP contribution is -2.34. The largest absolute Gasteiger partial charge is 0.467 e. The van der Waals surface area contributed by atoms with Crippen LogP contribution in [-0.2, 0) is 0 Å². The molecule has 0 aliphatic carbocycles. The number of rotatable bonds is 6. The summed E-state index contributed by atoms with van der Waals surface area (Å²) in [6.07, 6.45) is 1.22. The summed E-state index contributed by atoms with van der Waals surface area (Å²) in [7, 11) is 0. The summed E-state index contributed by atoms with van der Waals surface area (Å²) in [6.45, 7) is -0.573. The molecule has 3 aromatic rings. The fourth-order valence-electron chi connectivity index (χ4n) is 2.89. The van der Waals surface area contributed by atoms with Crippen molar-refractivity contribution in [2.75, 3.05) is 18.1 Å². The van der Waals surface area contributed by atoms with Crippen LogP contribution in [0.4, 0.5) is 27.6 Å². The Morgan fingerprint density at radius 3 is 1.93 bits per heavy atom. The first-order chi connectivity index (χ1) is 13.0. The van der Waals surface area contributed by atoms with Crippen molar-refractivity contribution in [1.29, 1.82) is 0 Å². The Kier molecular flexibility index (Phi) is 5.46. The number of aliphatic hydroxyl groups excluding tert-OH is 1. The highest BCUT2D eigenvalue weighted by Crippen LogP contribution is 2.38. The van der Waals surface area contributed by atoms with Gasteiger partial charge in [-0.3, -0.25) is 0 Å². The van der Waals surface area contributed by atoms with E-state index in [-0.39, 0.29) is 12.3 Å². The topological polar surface area (TPSA) is 36.6 Å². The Labute approximate surface area is 151 Å². The second-order valence-corrected chi connectivity index (χ2v) is 5.65. The van der Waals surface area contributed by atoms with Gasteiger partial charge < -0.3 is 14.4 Å². The summed E-state index contributed by atoms with van der Waals surface area (Å²) in [5, 5.41) is 9.42. The highest BCUT2D eigenvalue weighted by Gasteiger charge is 2.36. The van der Waals surface area contributed by atoms with Gasteiger partial charge in [-0.05, 0) is 24.3 Å². The molecule has 0 aliphatic rings. The number of benzene rings is 2. The van der Waals surface area contributed by atoms with Crippen LogP contribution in [0.2, 0.25) is 0 Å². The van der Waals surface area contributed by atoms with Crippen LogP contribution in [-0.4, -0.2) is 18.3 Å². The van der Waals surface area contributed by atoms with Gasteiger partial charge in [0.25, 0.3) is 0 Å². The molecule has 0 bridgehead atoms. The minimum atomic E-state index is -2.24. The zero-order valence-corrected chi connectivity index (χ0v) is 13.8. The predicted octanol–water partition coefficient (Wildman–Crippen LogP) is 4.56. The van der Waals surface area contributed by atoms with Gasteiger partial charge in [-0.2, -0.15) is 0 Å². The maximum absolute atomic E-state index is 14.5. The molecule has 0 unspecified atom stereocenters. The molecule has 3 nitrogen and oxygen atoms in total. The van der Waals surface area contributed by atoms with Crippen LogP contribution in [0.25, 0.3) is 0 Å². The van der Waals surface area contributed by atoms with E-state index in [1.807, 2.05) is 0 Å². The van der Waals surface area contributed by atoms with Gasteiger partial charge in [0.2, 0.25) is 5.82 Å². The van der Waals surface area contributed by atoms with Crippen molar-refractivity contribution in [3.63, 3.8) is 0 Å². The second-order valence-electron chi connectivity index (χ2n) is 5.65. The second kappa shape index (κ2) is 7.79. The smallest absolute Gasteiger partial charge is 0.200 e. The van der Waals surface area contributed by atoms with Crippen molar-refractivity contribution in [2.45, 2.75) is 6.04 Å². The molecule has 1 aromatic heterocycles. The number of para-hydroxylation sites is 1. The lowest BCUT2D eigenvalue weighted by molar-refractivity contribution is 0.294. The summed E-state index contributed by atoms with van der Waals surface area (Å²) in [5.41, 5.74) is -0.657. The van der Waals surface area contributed by atoms with Gasteiger partial charge in [-0.25, -0.2) is 22.0 Å². The molecule has 0 radical (unpaired) electrons. The quantitative estimate of drug-likeness (QED) is 0.385. The average molecular weight is 383 g/mol. The van der Waals surface area contributed by atoms with Crippen LogP contribution in [0, 0.1) is 29.1 Å². The number of hydrogen-bond acceptors (Lipinski definition) is 3. The van der Waals surface area contributed by atoms with Crippen molar-refractivity contribution >= 4 is 5.69 Å². The Hall–Kier alpha value is -2.87. The first kappa shape index (κ1) is 18.9. The molecule has 0 spiro atoms. The van der Waals surface area contributed by atoms with Gasteiger partial charge in [-0.1, -0.05) is 18.2 Å². The third-order valence-corrected chi connectivity index (χ3v) is 4.07. The Morgan fingerprint density at radius 1 is 0.815 bits per heavy atom. The standard InChI is InChI=1S/C19H14F5NO2/c20-14-13(15(21)17(23)18(24)16(14)22)19(12-7-4-10-27-12)25(8-9-26)11-5-2-1-3-6-11/h1-7,10,19,26H,8-9H2/t19-/m0/s1. The number of anilines is 1. The van der Waals surface area contributed by atoms with Crippen molar-refractivity contribution < 1.29 is 31.5 Å². The lowest BCUT2D eigenvalue weighted by atomic mass is 9.99. The Morgan fingerprint density at radius 2 is 1.41 bits per heavy atom. The summed E-state index contributed by atoms with van der Waals surface area (Å²) < 4.78 is 75.3. The maximum atomic E-state index is 14.5. The molecular weight excluding hydrogens is 369 g/mol. The van der Waals surface area contributed by atoms with E-state index in [4.69, 9.17) is 4.42 Å². The van der Waals surface area contributed by atoms with E-state index in [9.17, 15) is 27.1 Å². The van der Waals surface area contributed by atoms with Crippen LogP contribution in [0.5, 0.6) is 0 Å². The van der Waals surface area contributed by atoms with E-state index in [1.165, 1.54) is 23.3 Å². The molecular formula is C19H14F5NO2. The molecule has 2 aromatic carbocycles. The SMILES string of the molecule is OCCN(c1ccccc1)[C@@H](c1ccco1)c1c(F)c(F)c(F)c(F)c1F. The zero-order chi connectivity index (χ0) is 19.6. The molecule has 0 saturated heterocycles. The highest BCUT2D eigenvalue weighted by molar-refractivity contribution is 5.52. The lowest BCUT2D eigenvalue weighted by Gasteiger charge is -2.33. The molecule has 0 amide bonds. The number of furan rings is 1. The minimum Gasteiger partial charge on any atom is -0.467 e. The monoisotopic (exact) mass is 383 g/mol. The van der Waals surface area contributed by atoms with Crippen LogP contribution in [0.15, 0.2) is 53.1 Å². The minimum absolute atomic E-state index is 0.0458. The van der Waals surface area contributed by atoms with E-state index in [0.29, 0.717) is 5.69 Å². The molecule has 0 fully saturated rings. The van der Waals surface area contributed by atoms with Crippen LogP contribution in [0.1, 0.15) is 17.4 Å². The Balaban J connectivity index is 2.28. The fraction of sp³-hybridized carbons (Fsp3) is 0.158. The predicted molar refractivity (Wildman–Crippen MR) is 87.7 cm³/mol. The maximum Gasteiger partial charge on any atom is 0.200 e. The third-order valence-electron chi connectivity index (χ3n) is 4.07. The molecule has 1 heterocycles. The van der Waals surface area contributed by atoms with Crippen LogP contribution < -0.4 is 4.90 Å². The van der Waals surface area contributed by atoms with E-state index in [2.05, 4.69) is 0 Å². The Bertz CT molecular complexity index is 887. The molecule has 3 rings (SSSR count). The summed E-state index contributed by atoms with van der Waals surface area (Å²) in [5.74, 6) is -10.3. The number of aliphatic hydroxyl groups is 1. The van der Waals surface area contributed by atoms with Crippen molar-refractivity contribution in [3.8, 4) is 0 Å². The summed E-state index contributed by atoms with van der Waals surface area (Å²) >= 11 is 0. The molecule has 27 heavy (non-hydrogen) atoms. The van der Waals surface area contributed by atoms with Crippen molar-refractivity contribution in [1.82, 2.24) is 0 Å². The van der Waals surface area contributed by atoms with Gasteiger partial charge in [-0.15, -0.1) is 0 Å². The van der Waals surface area contributed by atoms with Gasteiger partial charge in [0.1, 0.15) is 11.8 Å². The van der Waals surface area contributed by atoms with Crippen molar-refractivity contribution in [2.24, 2.45) is 0 Å². The molecule has 1 atom stereocenters. The van der Waals surface area contributed by atoms with Crippen LogP contribution >= 0.6 is 0 Å². The van der Waals surface area contributed by atoms with Crippen molar-refractivity contribution in [3.05, 3.63) is 89.1 Å². The fourth-order valence-corrected chi connectivity index (χ4v) is 2.89. The highest BCUT2D eigenvalue weighted by atomic mass is 19.2. The molecule has 8 heteroatoms. The normalized spacial score (nSPS) is 12.2. The van der Waals surface area contributed by atoms with Gasteiger partial charge in [0.05, 0.1) is 18.4 Å². The van der Waals surface area contributed by atoms with E-state index in [0.717, 1.165) is 0 Å². The number of hydrogen-bond donors (Lipinski definition) is 1. The first-order valence-electron chi connectivity index (χ1n) is 7.94. The van der Waals surface area contributed by atoms with E-state index >= 15 is 0 Å². The zero-order valence-electron chi connectivity index (χ0n) is 13.8. The van der Waals surface area contributed by atoms with Gasteiger partial charge in [0, 0.05) is 12.2 Å². The summed E-state index contributed by atoms with van der Waals surface area (Å²) in [4.78, 5) is 1.30. The van der Waals surface area contributed by atoms with E-state index in [1.54, 1.807) is 30.3 Å². The molecule has 142 valence electrons. The molecule has 0 saturated carbocycles. The molecule has 1 N–H and O–H groups in total. The third kappa shape index (κ3) is 3.40. The van der Waals surface area contributed by atoms with Gasteiger partial charge >= 0.3 is 0 Å². The van der Waals surface area contributed by atoms with Crippen LogP contribution in [0.3, 0.4) is 0 Å².